The van der Waals surface area contributed by atoms with Gasteiger partial charge in [-0.05, 0) is 25.0 Å². The predicted octanol–water partition coefficient (Wildman–Crippen LogP) is 3.42. The highest BCUT2D eigenvalue weighted by atomic mass is 35.5. The Morgan fingerprint density at radius 1 is 1.32 bits per heavy atom. The first-order chi connectivity index (χ1) is 9.06. The zero-order valence-corrected chi connectivity index (χ0v) is 11.9. The molecule has 6 heteroatoms. The molecule has 0 bridgehead atoms. The summed E-state index contributed by atoms with van der Waals surface area (Å²) < 4.78 is 0. The fourth-order valence-electron chi connectivity index (χ4n) is 2.37. The third-order valence-electron chi connectivity index (χ3n) is 3.44. The highest BCUT2D eigenvalue weighted by Gasteiger charge is 2.34. The van der Waals surface area contributed by atoms with Crippen LogP contribution in [0.5, 0.6) is 0 Å². The Balaban J connectivity index is 2.03. The number of nitrogens with one attached hydrogen (secondary N) is 2. The predicted molar refractivity (Wildman–Crippen MR) is 76.9 cm³/mol. The van der Waals surface area contributed by atoms with E-state index in [2.05, 4.69) is 10.6 Å². The Hall–Kier alpha value is -0.970. The smallest absolute Gasteiger partial charge is 0.319 e. The van der Waals surface area contributed by atoms with E-state index in [4.69, 9.17) is 23.2 Å². The van der Waals surface area contributed by atoms with Gasteiger partial charge in [-0.3, -0.25) is 0 Å². The summed E-state index contributed by atoms with van der Waals surface area (Å²) in [6.45, 7) is -0.0519. The van der Waals surface area contributed by atoms with E-state index >= 15 is 0 Å². The lowest BCUT2D eigenvalue weighted by atomic mass is 9.99. The molecule has 0 spiro atoms. The largest absolute Gasteiger partial charge is 0.394 e. The molecule has 1 aromatic rings. The molecule has 1 aromatic carbocycles. The van der Waals surface area contributed by atoms with Crippen LogP contribution in [-0.4, -0.2) is 23.3 Å². The van der Waals surface area contributed by atoms with E-state index in [1.807, 2.05) is 0 Å². The lowest BCUT2D eigenvalue weighted by molar-refractivity contribution is 0.167. The topological polar surface area (TPSA) is 61.4 Å². The third-order valence-corrected chi connectivity index (χ3v) is 4.26. The molecular weight excluding hydrogens is 287 g/mol. The molecule has 2 amide bonds. The van der Waals surface area contributed by atoms with Gasteiger partial charge in [0.1, 0.15) is 0 Å². The summed E-state index contributed by atoms with van der Waals surface area (Å²) in [5.41, 5.74) is -0.0486. The molecule has 3 N–H and O–H groups in total. The van der Waals surface area contributed by atoms with Crippen molar-refractivity contribution >= 4 is 34.9 Å². The van der Waals surface area contributed by atoms with Crippen molar-refractivity contribution in [2.45, 2.75) is 31.2 Å². The van der Waals surface area contributed by atoms with Crippen molar-refractivity contribution in [1.29, 1.82) is 0 Å². The number of amides is 2. The monoisotopic (exact) mass is 302 g/mol. The maximum Gasteiger partial charge on any atom is 0.319 e. The minimum atomic E-state index is -0.505. The fraction of sp³-hybridized carbons (Fsp3) is 0.462. The van der Waals surface area contributed by atoms with Crippen molar-refractivity contribution in [2.75, 3.05) is 11.9 Å². The van der Waals surface area contributed by atoms with Gasteiger partial charge in [-0.2, -0.15) is 0 Å². The Morgan fingerprint density at radius 2 is 2.00 bits per heavy atom. The van der Waals surface area contributed by atoms with E-state index in [1.165, 1.54) is 0 Å². The number of aliphatic hydroxyl groups is 1. The second-order valence-corrected chi connectivity index (χ2v) is 5.61. The van der Waals surface area contributed by atoms with Crippen LogP contribution in [0, 0.1) is 0 Å². The summed E-state index contributed by atoms with van der Waals surface area (Å²) in [4.78, 5) is 12.0. The van der Waals surface area contributed by atoms with Gasteiger partial charge in [0.05, 0.1) is 27.9 Å². The lowest BCUT2D eigenvalue weighted by Crippen LogP contribution is -2.50. The van der Waals surface area contributed by atoms with Gasteiger partial charge in [0.2, 0.25) is 0 Å². The van der Waals surface area contributed by atoms with E-state index < -0.39 is 5.54 Å². The number of rotatable bonds is 3. The standard InChI is InChI=1S/C13H16Cl2N2O2/c14-9-4-3-5-10(11(9)15)16-12(19)17-13(8-18)6-1-2-7-13/h3-5,18H,1-2,6-8H2,(H2,16,17,19). The first-order valence-electron chi connectivity index (χ1n) is 6.20. The van der Waals surface area contributed by atoms with Crippen LogP contribution in [0.3, 0.4) is 0 Å². The van der Waals surface area contributed by atoms with Gasteiger partial charge >= 0.3 is 6.03 Å². The minimum Gasteiger partial charge on any atom is -0.394 e. The molecule has 1 aliphatic rings. The third kappa shape index (κ3) is 3.32. The highest BCUT2D eigenvalue weighted by Crippen LogP contribution is 2.31. The van der Waals surface area contributed by atoms with Gasteiger partial charge in [0.15, 0.2) is 0 Å². The molecule has 1 aliphatic carbocycles. The molecule has 0 atom stereocenters. The highest BCUT2D eigenvalue weighted by molar-refractivity contribution is 6.43. The number of carbonyl (C=O) groups is 1. The van der Waals surface area contributed by atoms with E-state index in [0.717, 1.165) is 25.7 Å². The average molecular weight is 303 g/mol. The van der Waals surface area contributed by atoms with E-state index in [0.29, 0.717) is 15.7 Å². The van der Waals surface area contributed by atoms with Crippen LogP contribution < -0.4 is 10.6 Å². The van der Waals surface area contributed by atoms with Gasteiger partial charge in [-0.1, -0.05) is 42.1 Å². The summed E-state index contributed by atoms with van der Waals surface area (Å²) in [6.07, 6.45) is 3.61. The number of aliphatic hydroxyl groups excluding tert-OH is 1. The number of urea groups is 1. The van der Waals surface area contributed by atoms with Gasteiger partial charge in [-0.25, -0.2) is 4.79 Å². The number of hydrogen-bond acceptors (Lipinski definition) is 2. The van der Waals surface area contributed by atoms with Crippen molar-refractivity contribution in [3.63, 3.8) is 0 Å². The molecule has 0 unspecified atom stereocenters. The molecule has 0 saturated heterocycles. The molecule has 1 saturated carbocycles. The van der Waals surface area contributed by atoms with Crippen molar-refractivity contribution in [1.82, 2.24) is 5.32 Å². The van der Waals surface area contributed by atoms with Crippen LogP contribution in [0.1, 0.15) is 25.7 Å². The van der Waals surface area contributed by atoms with Crippen LogP contribution in [-0.2, 0) is 0 Å². The van der Waals surface area contributed by atoms with Crippen LogP contribution in [0.25, 0.3) is 0 Å². The van der Waals surface area contributed by atoms with E-state index in [1.54, 1.807) is 18.2 Å². The first kappa shape index (κ1) is 14.4. The molecule has 104 valence electrons. The molecule has 2 rings (SSSR count). The van der Waals surface area contributed by atoms with Gasteiger partial charge < -0.3 is 15.7 Å². The molecular formula is C13H16Cl2N2O2. The zero-order chi connectivity index (χ0) is 13.9. The van der Waals surface area contributed by atoms with Crippen LogP contribution in [0.4, 0.5) is 10.5 Å². The SMILES string of the molecule is O=C(Nc1cccc(Cl)c1Cl)NC1(CO)CCCC1. The summed E-state index contributed by atoms with van der Waals surface area (Å²) >= 11 is 11.9. The maximum absolute atomic E-state index is 12.0. The molecule has 0 aromatic heterocycles. The maximum atomic E-state index is 12.0. The number of anilines is 1. The van der Waals surface area contributed by atoms with Crippen LogP contribution in [0.2, 0.25) is 10.0 Å². The van der Waals surface area contributed by atoms with E-state index in [9.17, 15) is 9.90 Å². The summed E-state index contributed by atoms with van der Waals surface area (Å²) in [5.74, 6) is 0. The second-order valence-electron chi connectivity index (χ2n) is 4.83. The van der Waals surface area contributed by atoms with Crippen LogP contribution >= 0.6 is 23.2 Å². The molecule has 1 fully saturated rings. The number of hydrogen-bond donors (Lipinski definition) is 3. The van der Waals surface area contributed by atoms with Gasteiger partial charge in [0, 0.05) is 0 Å². The number of halogens is 2. The molecule has 0 radical (unpaired) electrons. The van der Waals surface area contributed by atoms with Crippen LogP contribution in [0.15, 0.2) is 18.2 Å². The number of benzene rings is 1. The normalized spacial score (nSPS) is 17.2. The Morgan fingerprint density at radius 3 is 2.63 bits per heavy atom. The fourth-order valence-corrected chi connectivity index (χ4v) is 2.72. The van der Waals surface area contributed by atoms with Crippen molar-refractivity contribution in [2.24, 2.45) is 0 Å². The summed E-state index contributed by atoms with van der Waals surface area (Å²) in [6, 6.07) is 4.66. The molecule has 0 heterocycles. The number of carbonyl (C=O) groups excluding carboxylic acids is 1. The average Bonchev–Trinajstić information content (AvgIpc) is 2.84. The van der Waals surface area contributed by atoms with Gasteiger partial charge in [-0.15, -0.1) is 0 Å². The Kier molecular flexibility index (Phi) is 4.55. The first-order valence-corrected chi connectivity index (χ1v) is 6.96. The van der Waals surface area contributed by atoms with Crippen molar-refractivity contribution in [3.8, 4) is 0 Å². The molecule has 4 nitrogen and oxygen atoms in total. The summed E-state index contributed by atoms with van der Waals surface area (Å²) in [7, 11) is 0. The van der Waals surface area contributed by atoms with E-state index in [-0.39, 0.29) is 12.6 Å². The second kappa shape index (κ2) is 5.99. The molecule has 0 aliphatic heterocycles. The Bertz CT molecular complexity index is 474. The van der Waals surface area contributed by atoms with Crippen molar-refractivity contribution < 1.29 is 9.90 Å². The summed E-state index contributed by atoms with van der Waals surface area (Å²) in [5, 5.41) is 15.6. The Labute approximate surface area is 122 Å². The molecule has 19 heavy (non-hydrogen) atoms. The minimum absolute atomic E-state index is 0.0519. The lowest BCUT2D eigenvalue weighted by Gasteiger charge is -2.28. The van der Waals surface area contributed by atoms with Gasteiger partial charge in [0.25, 0.3) is 0 Å². The zero-order valence-electron chi connectivity index (χ0n) is 10.4. The quantitative estimate of drug-likeness (QED) is 0.801. The van der Waals surface area contributed by atoms with Crippen molar-refractivity contribution in [3.05, 3.63) is 28.2 Å².